The summed E-state index contributed by atoms with van der Waals surface area (Å²) in [5, 5.41) is 9.04. The van der Waals surface area contributed by atoms with Gasteiger partial charge in [0.05, 0.1) is 17.8 Å². The first kappa shape index (κ1) is 13.2. The van der Waals surface area contributed by atoms with Crippen LogP contribution in [0.3, 0.4) is 0 Å². The Balaban J connectivity index is 2.33. The summed E-state index contributed by atoms with van der Waals surface area (Å²) in [5.41, 5.74) is 0.452. The van der Waals surface area contributed by atoms with Crippen LogP contribution in [0.1, 0.15) is 26.3 Å². The van der Waals surface area contributed by atoms with E-state index in [0.29, 0.717) is 30.2 Å². The molecule has 19 heavy (non-hydrogen) atoms. The minimum absolute atomic E-state index is 0.352. The Morgan fingerprint density at radius 1 is 1.47 bits per heavy atom. The summed E-state index contributed by atoms with van der Waals surface area (Å²) < 4.78 is 10.8. The number of benzene rings is 1. The Morgan fingerprint density at radius 3 is 2.84 bits per heavy atom. The average Bonchev–Trinajstić information content (AvgIpc) is 2.35. The molecule has 100 valence electrons. The smallest absolute Gasteiger partial charge is 0.415 e. The number of ether oxygens (including phenoxy) is 2. The lowest BCUT2D eigenvalue weighted by Gasteiger charge is -2.31. The van der Waals surface area contributed by atoms with E-state index in [9.17, 15) is 4.79 Å². The Bertz CT molecular complexity index is 541. The molecule has 0 N–H and O–H groups in total. The van der Waals surface area contributed by atoms with Crippen molar-refractivity contribution >= 4 is 11.8 Å². The average molecular weight is 260 g/mol. The first-order chi connectivity index (χ1) is 8.92. The number of hydrogen-bond donors (Lipinski definition) is 0. The Kier molecular flexibility index (Phi) is 3.34. The van der Waals surface area contributed by atoms with Gasteiger partial charge >= 0.3 is 6.09 Å². The van der Waals surface area contributed by atoms with Crippen LogP contribution in [0.25, 0.3) is 0 Å². The zero-order valence-electron chi connectivity index (χ0n) is 11.3. The van der Waals surface area contributed by atoms with Gasteiger partial charge in [0.1, 0.15) is 18.3 Å². The van der Waals surface area contributed by atoms with Gasteiger partial charge in [-0.15, -0.1) is 0 Å². The normalized spacial score (nSPS) is 14.1. The number of carbonyl (C=O) groups excluding carboxylic acids is 1. The van der Waals surface area contributed by atoms with E-state index >= 15 is 0 Å². The predicted molar refractivity (Wildman–Crippen MR) is 70.2 cm³/mol. The van der Waals surface area contributed by atoms with E-state index in [2.05, 4.69) is 6.07 Å². The summed E-state index contributed by atoms with van der Waals surface area (Å²) in [4.78, 5) is 13.6. The van der Waals surface area contributed by atoms with E-state index in [4.69, 9.17) is 14.7 Å². The van der Waals surface area contributed by atoms with Gasteiger partial charge in [0.2, 0.25) is 0 Å². The van der Waals surface area contributed by atoms with Gasteiger partial charge in [-0.1, -0.05) is 6.07 Å². The van der Waals surface area contributed by atoms with E-state index in [-0.39, 0.29) is 0 Å². The third-order valence-electron chi connectivity index (χ3n) is 2.58. The van der Waals surface area contributed by atoms with Gasteiger partial charge in [-0.25, -0.2) is 4.79 Å². The highest BCUT2D eigenvalue weighted by Crippen LogP contribution is 2.35. The lowest BCUT2D eigenvalue weighted by Crippen LogP contribution is -2.41. The van der Waals surface area contributed by atoms with Crippen molar-refractivity contribution in [2.45, 2.75) is 26.4 Å². The maximum atomic E-state index is 12.1. The molecule has 1 aliphatic heterocycles. The van der Waals surface area contributed by atoms with E-state index in [1.807, 2.05) is 20.8 Å². The van der Waals surface area contributed by atoms with Crippen LogP contribution in [0.2, 0.25) is 0 Å². The van der Waals surface area contributed by atoms with Gasteiger partial charge in [-0.05, 0) is 32.9 Å². The van der Waals surface area contributed by atoms with Crippen molar-refractivity contribution in [2.75, 3.05) is 18.1 Å². The van der Waals surface area contributed by atoms with Gasteiger partial charge in [-0.3, -0.25) is 4.90 Å². The Morgan fingerprint density at radius 2 is 2.21 bits per heavy atom. The van der Waals surface area contributed by atoms with Gasteiger partial charge in [0.15, 0.2) is 5.75 Å². The molecule has 0 fully saturated rings. The summed E-state index contributed by atoms with van der Waals surface area (Å²) in [6.45, 7) is 6.22. The number of carbonyl (C=O) groups is 1. The van der Waals surface area contributed by atoms with Gasteiger partial charge in [0.25, 0.3) is 0 Å². The molecule has 0 bridgehead atoms. The standard InChI is InChI=1S/C14H16N2O3/c1-14(2,3)19-13(17)16-7-8-18-12-10(9-15)5-4-6-11(12)16/h4-6H,7-8H2,1-3H3. The van der Waals surface area contributed by atoms with Gasteiger partial charge < -0.3 is 9.47 Å². The fourth-order valence-corrected chi connectivity index (χ4v) is 1.84. The summed E-state index contributed by atoms with van der Waals surface area (Å²) in [6, 6.07) is 7.20. The van der Waals surface area contributed by atoms with Crippen molar-refractivity contribution in [3.8, 4) is 11.8 Å². The van der Waals surface area contributed by atoms with Crippen LogP contribution in [-0.4, -0.2) is 24.8 Å². The molecule has 0 aliphatic carbocycles. The van der Waals surface area contributed by atoms with E-state index in [1.54, 1.807) is 18.2 Å². The van der Waals surface area contributed by atoms with Crippen molar-refractivity contribution in [1.29, 1.82) is 5.26 Å². The number of fused-ring (bicyclic) bond motifs is 1. The third-order valence-corrected chi connectivity index (χ3v) is 2.58. The molecular weight excluding hydrogens is 244 g/mol. The van der Waals surface area contributed by atoms with Crippen molar-refractivity contribution < 1.29 is 14.3 Å². The molecule has 0 saturated carbocycles. The molecule has 0 saturated heterocycles. The number of hydrogen-bond acceptors (Lipinski definition) is 4. The number of rotatable bonds is 0. The zero-order valence-corrected chi connectivity index (χ0v) is 11.3. The fraction of sp³-hybridized carbons (Fsp3) is 0.429. The molecule has 0 radical (unpaired) electrons. The van der Waals surface area contributed by atoms with Crippen LogP contribution in [-0.2, 0) is 4.74 Å². The largest absolute Gasteiger partial charge is 0.488 e. The second-order valence-electron chi connectivity index (χ2n) is 5.25. The van der Waals surface area contributed by atoms with Crippen molar-refractivity contribution in [3.05, 3.63) is 23.8 Å². The van der Waals surface area contributed by atoms with Crippen LogP contribution < -0.4 is 9.64 Å². The maximum Gasteiger partial charge on any atom is 0.415 e. The highest BCUT2D eigenvalue weighted by molar-refractivity contribution is 5.91. The predicted octanol–water partition coefficient (Wildman–Crippen LogP) is 2.69. The number of amides is 1. The molecule has 5 heteroatoms. The molecule has 1 aliphatic rings. The molecule has 1 amide bonds. The SMILES string of the molecule is CC(C)(C)OC(=O)N1CCOc2c(C#N)cccc21. The van der Waals surface area contributed by atoms with Crippen molar-refractivity contribution in [2.24, 2.45) is 0 Å². The lowest BCUT2D eigenvalue weighted by molar-refractivity contribution is 0.0568. The van der Waals surface area contributed by atoms with Gasteiger partial charge in [-0.2, -0.15) is 5.26 Å². The second kappa shape index (κ2) is 4.81. The molecule has 0 atom stereocenters. The zero-order chi connectivity index (χ0) is 14.0. The highest BCUT2D eigenvalue weighted by atomic mass is 16.6. The van der Waals surface area contributed by atoms with Crippen LogP contribution in [0, 0.1) is 11.3 Å². The third kappa shape index (κ3) is 2.79. The molecule has 0 spiro atoms. The minimum Gasteiger partial charge on any atom is -0.488 e. The Hall–Kier alpha value is -2.22. The molecule has 2 rings (SSSR count). The molecule has 5 nitrogen and oxygen atoms in total. The van der Waals surface area contributed by atoms with Crippen molar-refractivity contribution in [3.63, 3.8) is 0 Å². The monoisotopic (exact) mass is 260 g/mol. The first-order valence-electron chi connectivity index (χ1n) is 6.09. The summed E-state index contributed by atoms with van der Waals surface area (Å²) >= 11 is 0. The summed E-state index contributed by atoms with van der Waals surface area (Å²) in [7, 11) is 0. The molecular formula is C14H16N2O3. The van der Waals surface area contributed by atoms with E-state index in [1.165, 1.54) is 4.90 Å². The fourth-order valence-electron chi connectivity index (χ4n) is 1.84. The Labute approximate surface area is 112 Å². The number of anilines is 1. The summed E-state index contributed by atoms with van der Waals surface area (Å²) in [6.07, 6.45) is -0.424. The summed E-state index contributed by atoms with van der Waals surface area (Å²) in [5.74, 6) is 0.446. The maximum absolute atomic E-state index is 12.1. The molecule has 1 aromatic carbocycles. The molecule has 0 unspecified atom stereocenters. The molecule has 1 heterocycles. The highest BCUT2D eigenvalue weighted by Gasteiger charge is 2.29. The quantitative estimate of drug-likeness (QED) is 0.719. The molecule has 1 aromatic rings. The van der Waals surface area contributed by atoms with Gasteiger partial charge in [0, 0.05) is 0 Å². The lowest BCUT2D eigenvalue weighted by atomic mass is 10.1. The molecule has 0 aromatic heterocycles. The second-order valence-corrected chi connectivity index (χ2v) is 5.25. The van der Waals surface area contributed by atoms with Crippen LogP contribution in [0.4, 0.5) is 10.5 Å². The topological polar surface area (TPSA) is 62.6 Å². The number of para-hydroxylation sites is 1. The number of nitrogens with zero attached hydrogens (tertiary/aromatic N) is 2. The number of nitriles is 1. The van der Waals surface area contributed by atoms with Crippen LogP contribution in [0.5, 0.6) is 5.75 Å². The minimum atomic E-state index is -0.553. The van der Waals surface area contributed by atoms with Crippen LogP contribution >= 0.6 is 0 Å². The van der Waals surface area contributed by atoms with Crippen LogP contribution in [0.15, 0.2) is 18.2 Å². The van der Waals surface area contributed by atoms with E-state index < -0.39 is 11.7 Å². The van der Waals surface area contributed by atoms with E-state index in [0.717, 1.165) is 0 Å². The first-order valence-corrected chi connectivity index (χ1v) is 6.09. The van der Waals surface area contributed by atoms with Crippen molar-refractivity contribution in [1.82, 2.24) is 0 Å².